The molecule has 0 bridgehead atoms. The van der Waals surface area contributed by atoms with Crippen LogP contribution in [0.3, 0.4) is 0 Å². The van der Waals surface area contributed by atoms with Gasteiger partial charge in [0.15, 0.2) is 0 Å². The summed E-state index contributed by atoms with van der Waals surface area (Å²) >= 11 is 0. The molecule has 0 aliphatic carbocycles. The van der Waals surface area contributed by atoms with Crippen molar-refractivity contribution in [3.63, 3.8) is 0 Å². The summed E-state index contributed by atoms with van der Waals surface area (Å²) in [5.41, 5.74) is -0.375. The Morgan fingerprint density at radius 3 is 2.25 bits per heavy atom. The van der Waals surface area contributed by atoms with Crippen molar-refractivity contribution in [1.29, 1.82) is 0 Å². The molecule has 0 aromatic rings. The fourth-order valence-electron chi connectivity index (χ4n) is 2.03. The normalized spacial score (nSPS) is 30.4. The van der Waals surface area contributed by atoms with E-state index in [0.717, 1.165) is 12.8 Å². The fourth-order valence-corrected chi connectivity index (χ4v) is 2.03. The van der Waals surface area contributed by atoms with E-state index in [1.54, 1.807) is 0 Å². The van der Waals surface area contributed by atoms with Gasteiger partial charge in [0.25, 0.3) is 0 Å². The molecule has 0 aromatic heterocycles. The molecule has 1 aliphatic heterocycles. The average molecular weight is 250 g/mol. The maximum atomic E-state index is 11.9. The Morgan fingerprint density at radius 1 is 1.25 bits per heavy atom. The molecule has 0 amide bonds. The van der Waals surface area contributed by atoms with Crippen LogP contribution in [-0.2, 0) is 9.53 Å². The van der Waals surface area contributed by atoms with E-state index in [1.165, 1.54) is 0 Å². The van der Waals surface area contributed by atoms with Crippen molar-refractivity contribution in [2.75, 3.05) is 0 Å². The molecule has 1 N–H and O–H groups in total. The molecule has 1 heterocycles. The third kappa shape index (κ3) is 4.71. The van der Waals surface area contributed by atoms with Gasteiger partial charge in [-0.25, -0.2) is 0 Å². The van der Waals surface area contributed by atoms with Crippen molar-refractivity contribution < 1.29 is 9.53 Å². The zero-order valence-electron chi connectivity index (χ0n) is 10.9. The minimum Gasteiger partial charge on any atom is -0.460 e. The number of carbonyl (C=O) groups excluding carboxylic acids is 1. The predicted molar refractivity (Wildman–Crippen MR) is 67.9 cm³/mol. The number of ether oxygens (including phenoxy) is 1. The van der Waals surface area contributed by atoms with Gasteiger partial charge in [-0.1, -0.05) is 0 Å². The van der Waals surface area contributed by atoms with Gasteiger partial charge in [0, 0.05) is 12.1 Å². The van der Waals surface area contributed by atoms with E-state index >= 15 is 0 Å². The SMILES string of the molecule is C[C@@H]1CC[C@H](C(=O)OC(C)(C)C)[C@H](C)N1.Cl. The number of hydrogen-bond acceptors (Lipinski definition) is 3. The highest BCUT2D eigenvalue weighted by Gasteiger charge is 2.33. The van der Waals surface area contributed by atoms with Gasteiger partial charge >= 0.3 is 5.97 Å². The predicted octanol–water partition coefficient (Wildman–Crippen LogP) is 2.53. The van der Waals surface area contributed by atoms with Crippen LogP contribution >= 0.6 is 12.4 Å². The Hall–Kier alpha value is -0.280. The zero-order valence-corrected chi connectivity index (χ0v) is 11.7. The number of nitrogens with one attached hydrogen (secondary N) is 1. The van der Waals surface area contributed by atoms with Gasteiger partial charge in [-0.05, 0) is 47.5 Å². The lowest BCUT2D eigenvalue weighted by Crippen LogP contribution is -2.48. The second-order valence-electron chi connectivity index (χ2n) is 5.57. The molecule has 3 atom stereocenters. The van der Waals surface area contributed by atoms with Gasteiger partial charge in [0.1, 0.15) is 5.60 Å². The van der Waals surface area contributed by atoms with Crippen LogP contribution in [0.4, 0.5) is 0 Å². The average Bonchev–Trinajstić information content (AvgIpc) is 1.99. The second-order valence-corrected chi connectivity index (χ2v) is 5.57. The van der Waals surface area contributed by atoms with Crippen LogP contribution < -0.4 is 5.32 Å². The van der Waals surface area contributed by atoms with Gasteiger partial charge in [0.05, 0.1) is 5.92 Å². The van der Waals surface area contributed by atoms with Gasteiger partial charge in [-0.15, -0.1) is 12.4 Å². The number of rotatable bonds is 1. The first-order valence-corrected chi connectivity index (χ1v) is 5.78. The van der Waals surface area contributed by atoms with Crippen molar-refractivity contribution >= 4 is 18.4 Å². The quantitative estimate of drug-likeness (QED) is 0.726. The van der Waals surface area contributed by atoms with E-state index in [2.05, 4.69) is 19.2 Å². The fraction of sp³-hybridized carbons (Fsp3) is 0.917. The summed E-state index contributed by atoms with van der Waals surface area (Å²) in [6, 6.07) is 0.738. The summed E-state index contributed by atoms with van der Waals surface area (Å²) in [6.07, 6.45) is 1.98. The summed E-state index contributed by atoms with van der Waals surface area (Å²) in [7, 11) is 0. The molecule has 4 heteroatoms. The topological polar surface area (TPSA) is 38.3 Å². The maximum Gasteiger partial charge on any atom is 0.311 e. The Kier molecular flexibility index (Phi) is 5.77. The Labute approximate surface area is 105 Å². The Morgan fingerprint density at radius 2 is 1.81 bits per heavy atom. The first-order valence-electron chi connectivity index (χ1n) is 5.78. The summed E-state index contributed by atoms with van der Waals surface area (Å²) in [6.45, 7) is 9.95. The van der Waals surface area contributed by atoms with Crippen molar-refractivity contribution in [2.24, 2.45) is 5.92 Å². The van der Waals surface area contributed by atoms with E-state index in [9.17, 15) is 4.79 Å². The van der Waals surface area contributed by atoms with E-state index < -0.39 is 0 Å². The van der Waals surface area contributed by atoms with Gasteiger partial charge in [-0.3, -0.25) is 4.79 Å². The van der Waals surface area contributed by atoms with E-state index in [1.807, 2.05) is 20.8 Å². The Balaban J connectivity index is 0.00000225. The first-order chi connectivity index (χ1) is 6.79. The largest absolute Gasteiger partial charge is 0.460 e. The molecular weight excluding hydrogens is 226 g/mol. The van der Waals surface area contributed by atoms with Crippen molar-refractivity contribution in [2.45, 2.75) is 65.1 Å². The number of esters is 1. The van der Waals surface area contributed by atoms with Crippen LogP contribution in [0, 0.1) is 5.92 Å². The van der Waals surface area contributed by atoms with Crippen LogP contribution in [0.25, 0.3) is 0 Å². The van der Waals surface area contributed by atoms with Gasteiger partial charge in [-0.2, -0.15) is 0 Å². The third-order valence-electron chi connectivity index (χ3n) is 2.77. The lowest BCUT2D eigenvalue weighted by molar-refractivity contribution is -0.162. The van der Waals surface area contributed by atoms with Gasteiger partial charge < -0.3 is 10.1 Å². The minimum absolute atomic E-state index is 0. The summed E-state index contributed by atoms with van der Waals surface area (Å²) < 4.78 is 5.40. The van der Waals surface area contributed by atoms with Crippen molar-refractivity contribution in [1.82, 2.24) is 5.32 Å². The standard InChI is InChI=1S/C12H23NO2.ClH/c1-8-6-7-10(9(2)13-8)11(14)15-12(3,4)5;/h8-10,13H,6-7H2,1-5H3;1H/t8-,9+,10+;/m1./s1. The molecular formula is C12H24ClNO2. The van der Waals surface area contributed by atoms with Crippen LogP contribution in [-0.4, -0.2) is 23.7 Å². The third-order valence-corrected chi connectivity index (χ3v) is 2.77. The molecule has 0 spiro atoms. The highest BCUT2D eigenvalue weighted by molar-refractivity contribution is 5.85. The molecule has 1 saturated heterocycles. The summed E-state index contributed by atoms with van der Waals surface area (Å²) in [4.78, 5) is 11.9. The van der Waals surface area contributed by atoms with E-state index in [0.29, 0.717) is 6.04 Å². The van der Waals surface area contributed by atoms with Crippen LogP contribution in [0.1, 0.15) is 47.5 Å². The first kappa shape index (κ1) is 15.7. The molecule has 0 unspecified atom stereocenters. The maximum absolute atomic E-state index is 11.9. The molecule has 0 saturated carbocycles. The lowest BCUT2D eigenvalue weighted by Gasteiger charge is -2.34. The zero-order chi connectivity index (χ0) is 11.6. The minimum atomic E-state index is -0.375. The highest BCUT2D eigenvalue weighted by Crippen LogP contribution is 2.23. The molecule has 3 nitrogen and oxygen atoms in total. The molecule has 0 aromatic carbocycles. The molecule has 1 fully saturated rings. The summed E-state index contributed by atoms with van der Waals surface area (Å²) in [5, 5.41) is 3.40. The van der Waals surface area contributed by atoms with Crippen LogP contribution in [0.2, 0.25) is 0 Å². The molecule has 1 aliphatic rings. The van der Waals surface area contributed by atoms with E-state index in [4.69, 9.17) is 4.74 Å². The van der Waals surface area contributed by atoms with Crippen LogP contribution in [0.5, 0.6) is 0 Å². The molecule has 16 heavy (non-hydrogen) atoms. The molecule has 96 valence electrons. The molecule has 1 rings (SSSR count). The van der Waals surface area contributed by atoms with Gasteiger partial charge in [0.2, 0.25) is 0 Å². The van der Waals surface area contributed by atoms with E-state index in [-0.39, 0.29) is 35.9 Å². The van der Waals surface area contributed by atoms with Crippen molar-refractivity contribution in [3.05, 3.63) is 0 Å². The lowest BCUT2D eigenvalue weighted by atomic mass is 9.89. The van der Waals surface area contributed by atoms with Crippen LogP contribution in [0.15, 0.2) is 0 Å². The Bertz CT molecular complexity index is 238. The number of halogens is 1. The smallest absolute Gasteiger partial charge is 0.311 e. The van der Waals surface area contributed by atoms with Crippen molar-refractivity contribution in [3.8, 4) is 0 Å². The highest BCUT2D eigenvalue weighted by atomic mass is 35.5. The number of piperidine rings is 1. The monoisotopic (exact) mass is 249 g/mol. The number of carbonyl (C=O) groups is 1. The molecule has 0 radical (unpaired) electrons. The second kappa shape index (κ2) is 5.87. The summed E-state index contributed by atoms with van der Waals surface area (Å²) in [5.74, 6) is -0.0465. The number of hydrogen-bond donors (Lipinski definition) is 1.